The largest absolute Gasteiger partial charge is 0.497 e. The lowest BCUT2D eigenvalue weighted by atomic mass is 10.1. The van der Waals surface area contributed by atoms with Crippen molar-refractivity contribution in [2.75, 3.05) is 25.2 Å². The summed E-state index contributed by atoms with van der Waals surface area (Å²) in [5, 5.41) is 4.35. The van der Waals surface area contributed by atoms with Crippen LogP contribution in [0.1, 0.15) is 28.9 Å². The molecule has 1 fully saturated rings. The summed E-state index contributed by atoms with van der Waals surface area (Å²) in [7, 11) is 1.61. The highest BCUT2D eigenvalue weighted by Gasteiger charge is 2.30. The first-order chi connectivity index (χ1) is 11.2. The maximum atomic E-state index is 13.0. The molecule has 1 amide bonds. The van der Waals surface area contributed by atoms with Gasteiger partial charge in [-0.2, -0.15) is 16.9 Å². The first-order valence-corrected chi connectivity index (χ1v) is 8.93. The molecule has 1 aromatic carbocycles. The summed E-state index contributed by atoms with van der Waals surface area (Å²) in [6.07, 6.45) is 3.92. The molecule has 0 bridgehead atoms. The summed E-state index contributed by atoms with van der Waals surface area (Å²) >= 11 is 1.88. The third-order valence-electron chi connectivity index (χ3n) is 4.07. The summed E-state index contributed by atoms with van der Waals surface area (Å²) in [6.45, 7) is 3.65. The molecule has 0 radical (unpaired) electrons. The lowest BCUT2D eigenvalue weighted by Gasteiger charge is -2.35. The van der Waals surface area contributed by atoms with Crippen molar-refractivity contribution in [3.05, 3.63) is 47.8 Å². The molecule has 6 heteroatoms. The second-order valence-corrected chi connectivity index (χ2v) is 6.60. The van der Waals surface area contributed by atoms with Gasteiger partial charge < -0.3 is 9.64 Å². The number of ether oxygens (including phenoxy) is 1. The molecule has 1 saturated heterocycles. The Morgan fingerprint density at radius 2 is 2.35 bits per heavy atom. The molecule has 5 nitrogen and oxygen atoms in total. The molecule has 2 aromatic rings. The topological polar surface area (TPSA) is 47.4 Å². The van der Waals surface area contributed by atoms with Gasteiger partial charge in [0.25, 0.3) is 5.91 Å². The molecule has 0 saturated carbocycles. The Morgan fingerprint density at radius 1 is 1.48 bits per heavy atom. The van der Waals surface area contributed by atoms with E-state index >= 15 is 0 Å². The minimum absolute atomic E-state index is 0.0541. The molecule has 0 unspecified atom stereocenters. The average molecular weight is 331 g/mol. The number of methoxy groups -OCH3 is 1. The van der Waals surface area contributed by atoms with E-state index < -0.39 is 0 Å². The molecule has 1 aromatic heterocycles. The van der Waals surface area contributed by atoms with Gasteiger partial charge in [-0.3, -0.25) is 9.48 Å². The van der Waals surface area contributed by atoms with Gasteiger partial charge >= 0.3 is 0 Å². The number of thioether (sulfide) groups is 1. The average Bonchev–Trinajstić information content (AvgIpc) is 3.10. The van der Waals surface area contributed by atoms with Crippen molar-refractivity contribution in [1.29, 1.82) is 0 Å². The number of hydrogen-bond donors (Lipinski definition) is 0. The molecule has 2 heterocycles. The van der Waals surface area contributed by atoms with Crippen LogP contribution in [0.15, 0.2) is 36.7 Å². The van der Waals surface area contributed by atoms with Crippen LogP contribution in [0.5, 0.6) is 5.75 Å². The van der Waals surface area contributed by atoms with E-state index in [0.717, 1.165) is 30.2 Å². The molecule has 0 spiro atoms. The van der Waals surface area contributed by atoms with Crippen molar-refractivity contribution in [2.45, 2.75) is 19.5 Å². The van der Waals surface area contributed by atoms with E-state index in [1.807, 2.05) is 51.9 Å². The maximum absolute atomic E-state index is 13.0. The van der Waals surface area contributed by atoms with Crippen LogP contribution in [0.25, 0.3) is 0 Å². The normalized spacial score (nSPS) is 18.0. The highest BCUT2D eigenvalue weighted by Crippen LogP contribution is 2.31. The van der Waals surface area contributed by atoms with Gasteiger partial charge in [0.15, 0.2) is 0 Å². The zero-order valence-corrected chi connectivity index (χ0v) is 14.3. The van der Waals surface area contributed by atoms with Crippen LogP contribution >= 0.6 is 11.8 Å². The molecule has 3 rings (SSSR count). The second-order valence-electron chi connectivity index (χ2n) is 5.45. The minimum Gasteiger partial charge on any atom is -0.497 e. The van der Waals surface area contributed by atoms with Crippen molar-refractivity contribution in [3.63, 3.8) is 0 Å². The number of benzene rings is 1. The Morgan fingerprint density at radius 3 is 3.09 bits per heavy atom. The molecule has 1 aliphatic heterocycles. The van der Waals surface area contributed by atoms with Gasteiger partial charge in [-0.25, -0.2) is 0 Å². The van der Waals surface area contributed by atoms with Gasteiger partial charge in [-0.1, -0.05) is 6.07 Å². The van der Waals surface area contributed by atoms with Gasteiger partial charge in [0, 0.05) is 41.9 Å². The summed E-state index contributed by atoms with van der Waals surface area (Å²) in [5.74, 6) is 2.63. The zero-order chi connectivity index (χ0) is 16.2. The lowest BCUT2D eigenvalue weighted by Crippen LogP contribution is -2.40. The standard InChI is InChI=1S/C17H21N3O2S/c1-3-19-11-14(10-18-19)16-12-23-8-7-20(16)17(21)13-5-4-6-15(9-13)22-2/h4-6,9-11,16H,3,7-8,12H2,1-2H3/t16-/m0/s1. The van der Waals surface area contributed by atoms with Gasteiger partial charge in [0.05, 0.1) is 19.3 Å². The van der Waals surface area contributed by atoms with Crippen LogP contribution in [-0.2, 0) is 6.54 Å². The molecule has 1 atom stereocenters. The van der Waals surface area contributed by atoms with Crippen LogP contribution < -0.4 is 4.74 Å². The highest BCUT2D eigenvalue weighted by molar-refractivity contribution is 7.99. The molecular formula is C17H21N3O2S. The lowest BCUT2D eigenvalue weighted by molar-refractivity contribution is 0.0701. The Kier molecular flexibility index (Phi) is 4.91. The number of hydrogen-bond acceptors (Lipinski definition) is 4. The molecule has 1 aliphatic rings. The van der Waals surface area contributed by atoms with E-state index in [2.05, 4.69) is 12.0 Å². The first-order valence-electron chi connectivity index (χ1n) is 7.78. The monoisotopic (exact) mass is 331 g/mol. The quantitative estimate of drug-likeness (QED) is 0.864. The van der Waals surface area contributed by atoms with Crippen molar-refractivity contribution >= 4 is 17.7 Å². The third kappa shape index (κ3) is 3.37. The predicted octanol–water partition coefficient (Wildman–Crippen LogP) is 2.84. The van der Waals surface area contributed by atoms with E-state index in [9.17, 15) is 4.79 Å². The van der Waals surface area contributed by atoms with Crippen molar-refractivity contribution < 1.29 is 9.53 Å². The Bertz CT molecular complexity index is 686. The Labute approximate surface area is 140 Å². The van der Waals surface area contributed by atoms with Crippen LogP contribution in [0.2, 0.25) is 0 Å². The minimum atomic E-state index is 0.0541. The Hall–Kier alpha value is -1.95. The summed E-state index contributed by atoms with van der Waals surface area (Å²) in [5.41, 5.74) is 1.78. The molecule has 0 N–H and O–H groups in total. The molecule has 122 valence electrons. The number of nitrogens with zero attached hydrogens (tertiary/aromatic N) is 3. The smallest absolute Gasteiger partial charge is 0.254 e. The SMILES string of the molecule is CCn1cc([C@@H]2CSCCN2C(=O)c2cccc(OC)c2)cn1. The Balaban J connectivity index is 1.86. The van der Waals surface area contributed by atoms with E-state index in [1.54, 1.807) is 13.2 Å². The maximum Gasteiger partial charge on any atom is 0.254 e. The van der Waals surface area contributed by atoms with E-state index in [4.69, 9.17) is 4.74 Å². The van der Waals surface area contributed by atoms with E-state index in [0.29, 0.717) is 11.3 Å². The van der Waals surface area contributed by atoms with Crippen LogP contribution in [-0.4, -0.2) is 45.7 Å². The fourth-order valence-corrected chi connectivity index (χ4v) is 3.86. The van der Waals surface area contributed by atoms with Crippen molar-refractivity contribution in [1.82, 2.24) is 14.7 Å². The number of aromatic nitrogens is 2. The number of rotatable bonds is 4. The predicted molar refractivity (Wildman–Crippen MR) is 92.0 cm³/mol. The molecule has 23 heavy (non-hydrogen) atoms. The van der Waals surface area contributed by atoms with Crippen LogP contribution in [0.4, 0.5) is 0 Å². The van der Waals surface area contributed by atoms with Gasteiger partial charge in [0.1, 0.15) is 5.75 Å². The molecular weight excluding hydrogens is 310 g/mol. The van der Waals surface area contributed by atoms with Crippen molar-refractivity contribution in [3.8, 4) is 5.75 Å². The molecule has 0 aliphatic carbocycles. The summed E-state index contributed by atoms with van der Waals surface area (Å²) in [4.78, 5) is 14.9. The summed E-state index contributed by atoms with van der Waals surface area (Å²) < 4.78 is 7.14. The number of amides is 1. The van der Waals surface area contributed by atoms with Crippen LogP contribution in [0.3, 0.4) is 0 Å². The fraction of sp³-hybridized carbons (Fsp3) is 0.412. The fourth-order valence-electron chi connectivity index (χ4n) is 2.77. The number of carbonyl (C=O) groups is 1. The number of aryl methyl sites for hydroxylation is 1. The van der Waals surface area contributed by atoms with Crippen LogP contribution in [0, 0.1) is 0 Å². The van der Waals surface area contributed by atoms with Gasteiger partial charge in [-0.15, -0.1) is 0 Å². The van der Waals surface area contributed by atoms with Gasteiger partial charge in [-0.05, 0) is 25.1 Å². The van der Waals surface area contributed by atoms with Gasteiger partial charge in [0.2, 0.25) is 0 Å². The summed E-state index contributed by atoms with van der Waals surface area (Å²) in [6, 6.07) is 7.43. The number of carbonyl (C=O) groups excluding carboxylic acids is 1. The van der Waals surface area contributed by atoms with Crippen molar-refractivity contribution in [2.24, 2.45) is 0 Å². The van der Waals surface area contributed by atoms with E-state index in [1.165, 1.54) is 0 Å². The zero-order valence-electron chi connectivity index (χ0n) is 13.4. The van der Waals surface area contributed by atoms with E-state index in [-0.39, 0.29) is 11.9 Å². The highest BCUT2D eigenvalue weighted by atomic mass is 32.2. The third-order valence-corrected chi connectivity index (χ3v) is 5.09. The first kappa shape index (κ1) is 15.9. The second kappa shape index (κ2) is 7.08.